The number of rotatable bonds is 7. The molecule has 0 bridgehead atoms. The standard InChI is InChI=1S/C18H18BrFN2O2/c19-15-5-3-14(4-6-15)18(24)22-12-10-17(23)21-11-9-13-1-7-16(20)8-2-13/h1-8H,9-12H2,(H,21,23)(H,22,24). The van der Waals surface area contributed by atoms with Crippen LogP contribution < -0.4 is 10.6 Å². The molecule has 0 spiro atoms. The van der Waals surface area contributed by atoms with E-state index in [0.717, 1.165) is 10.0 Å². The van der Waals surface area contributed by atoms with Gasteiger partial charge in [-0.2, -0.15) is 0 Å². The number of carbonyl (C=O) groups excluding carboxylic acids is 2. The van der Waals surface area contributed by atoms with Crippen molar-refractivity contribution in [2.45, 2.75) is 12.8 Å². The van der Waals surface area contributed by atoms with Gasteiger partial charge in [-0.15, -0.1) is 0 Å². The first-order valence-corrected chi connectivity index (χ1v) is 8.39. The van der Waals surface area contributed by atoms with Gasteiger partial charge in [-0.25, -0.2) is 4.39 Å². The molecule has 0 radical (unpaired) electrons. The van der Waals surface area contributed by atoms with E-state index in [1.807, 2.05) is 0 Å². The van der Waals surface area contributed by atoms with E-state index in [-0.39, 0.29) is 30.6 Å². The maximum absolute atomic E-state index is 12.8. The number of nitrogens with one attached hydrogen (secondary N) is 2. The predicted molar refractivity (Wildman–Crippen MR) is 94.2 cm³/mol. The van der Waals surface area contributed by atoms with Gasteiger partial charge >= 0.3 is 0 Å². The Kier molecular flexibility index (Phi) is 6.93. The summed E-state index contributed by atoms with van der Waals surface area (Å²) in [7, 11) is 0. The summed E-state index contributed by atoms with van der Waals surface area (Å²) >= 11 is 3.31. The first-order valence-electron chi connectivity index (χ1n) is 7.59. The van der Waals surface area contributed by atoms with Gasteiger partial charge < -0.3 is 10.6 Å². The van der Waals surface area contributed by atoms with E-state index in [1.54, 1.807) is 36.4 Å². The van der Waals surface area contributed by atoms with Crippen LogP contribution in [0.25, 0.3) is 0 Å². The molecule has 24 heavy (non-hydrogen) atoms. The molecule has 2 aromatic carbocycles. The van der Waals surface area contributed by atoms with Crippen molar-refractivity contribution in [2.75, 3.05) is 13.1 Å². The monoisotopic (exact) mass is 392 g/mol. The molecule has 0 heterocycles. The zero-order valence-corrected chi connectivity index (χ0v) is 14.6. The Morgan fingerprint density at radius 3 is 2.25 bits per heavy atom. The van der Waals surface area contributed by atoms with Crippen LogP contribution in [0.1, 0.15) is 22.3 Å². The fourth-order valence-electron chi connectivity index (χ4n) is 2.08. The highest BCUT2D eigenvalue weighted by Gasteiger charge is 2.06. The third kappa shape index (κ3) is 6.12. The summed E-state index contributed by atoms with van der Waals surface area (Å²) in [6.45, 7) is 0.752. The van der Waals surface area contributed by atoms with Crippen LogP contribution in [0.2, 0.25) is 0 Å². The molecule has 0 fully saturated rings. The fraction of sp³-hybridized carbons (Fsp3) is 0.222. The minimum atomic E-state index is -0.274. The van der Waals surface area contributed by atoms with Crippen molar-refractivity contribution in [1.82, 2.24) is 10.6 Å². The lowest BCUT2D eigenvalue weighted by atomic mass is 10.1. The summed E-state index contributed by atoms with van der Waals surface area (Å²) in [5.41, 5.74) is 1.51. The van der Waals surface area contributed by atoms with E-state index in [2.05, 4.69) is 26.6 Å². The molecule has 2 N–H and O–H groups in total. The number of hydrogen-bond donors (Lipinski definition) is 2. The normalized spacial score (nSPS) is 10.2. The van der Waals surface area contributed by atoms with Gasteiger partial charge in [0.2, 0.25) is 5.91 Å². The highest BCUT2D eigenvalue weighted by atomic mass is 79.9. The van der Waals surface area contributed by atoms with E-state index >= 15 is 0 Å². The minimum Gasteiger partial charge on any atom is -0.356 e. The molecule has 2 amide bonds. The molecular formula is C18H18BrFN2O2. The molecule has 0 saturated heterocycles. The summed E-state index contributed by atoms with van der Waals surface area (Å²) in [5, 5.41) is 5.48. The van der Waals surface area contributed by atoms with Gasteiger partial charge in [-0.1, -0.05) is 28.1 Å². The SMILES string of the molecule is O=C(CCNC(=O)c1ccc(Br)cc1)NCCc1ccc(F)cc1. The fourth-order valence-corrected chi connectivity index (χ4v) is 2.34. The van der Waals surface area contributed by atoms with Crippen LogP contribution in [-0.4, -0.2) is 24.9 Å². The van der Waals surface area contributed by atoms with Gasteiger partial charge in [-0.05, 0) is 48.4 Å². The number of benzene rings is 2. The Labute approximate surface area is 148 Å². The van der Waals surface area contributed by atoms with E-state index < -0.39 is 0 Å². The molecule has 0 saturated carbocycles. The molecule has 0 aliphatic carbocycles. The van der Waals surface area contributed by atoms with Gasteiger partial charge in [0, 0.05) is 29.5 Å². The Morgan fingerprint density at radius 1 is 0.917 bits per heavy atom. The summed E-state index contributed by atoms with van der Waals surface area (Å²) in [6, 6.07) is 13.2. The minimum absolute atomic E-state index is 0.131. The Balaban J connectivity index is 1.63. The number of carbonyl (C=O) groups is 2. The Morgan fingerprint density at radius 2 is 1.58 bits per heavy atom. The summed E-state index contributed by atoms with van der Waals surface area (Å²) in [6.07, 6.45) is 0.850. The second kappa shape index (κ2) is 9.17. The first-order chi connectivity index (χ1) is 11.5. The van der Waals surface area contributed by atoms with Crippen molar-refractivity contribution in [3.8, 4) is 0 Å². The molecule has 126 valence electrons. The molecule has 2 rings (SSSR count). The third-order valence-electron chi connectivity index (χ3n) is 3.39. The van der Waals surface area contributed by atoms with Crippen LogP contribution >= 0.6 is 15.9 Å². The molecule has 2 aromatic rings. The Bertz CT molecular complexity index is 687. The topological polar surface area (TPSA) is 58.2 Å². The van der Waals surface area contributed by atoms with Crippen LogP contribution in [0.3, 0.4) is 0 Å². The molecule has 0 aromatic heterocycles. The van der Waals surface area contributed by atoms with Crippen molar-refractivity contribution >= 4 is 27.7 Å². The van der Waals surface area contributed by atoms with Crippen LogP contribution in [0.15, 0.2) is 53.0 Å². The van der Waals surface area contributed by atoms with Crippen LogP contribution in [-0.2, 0) is 11.2 Å². The summed E-state index contributed by atoms with van der Waals surface area (Å²) in [4.78, 5) is 23.6. The molecule has 4 nitrogen and oxygen atoms in total. The van der Waals surface area contributed by atoms with Crippen LogP contribution in [0.5, 0.6) is 0 Å². The van der Waals surface area contributed by atoms with E-state index in [9.17, 15) is 14.0 Å². The molecule has 0 atom stereocenters. The highest BCUT2D eigenvalue weighted by Crippen LogP contribution is 2.10. The van der Waals surface area contributed by atoms with E-state index in [4.69, 9.17) is 0 Å². The van der Waals surface area contributed by atoms with Gasteiger partial charge in [0.1, 0.15) is 5.82 Å². The van der Waals surface area contributed by atoms with Crippen molar-refractivity contribution < 1.29 is 14.0 Å². The molecule has 0 aliphatic rings. The molecule has 0 aliphatic heterocycles. The lowest BCUT2D eigenvalue weighted by Gasteiger charge is -2.07. The molecule has 0 unspecified atom stereocenters. The highest BCUT2D eigenvalue weighted by molar-refractivity contribution is 9.10. The van der Waals surface area contributed by atoms with Gasteiger partial charge in [0.15, 0.2) is 0 Å². The third-order valence-corrected chi connectivity index (χ3v) is 3.92. The van der Waals surface area contributed by atoms with Crippen LogP contribution in [0, 0.1) is 5.82 Å². The number of halogens is 2. The maximum atomic E-state index is 12.8. The lowest BCUT2D eigenvalue weighted by molar-refractivity contribution is -0.120. The first kappa shape index (κ1) is 18.1. The average molecular weight is 393 g/mol. The van der Waals surface area contributed by atoms with Crippen LogP contribution in [0.4, 0.5) is 4.39 Å². The molecule has 6 heteroatoms. The van der Waals surface area contributed by atoms with Gasteiger partial charge in [-0.3, -0.25) is 9.59 Å². The summed E-state index contributed by atoms with van der Waals surface area (Å²) in [5.74, 6) is -0.612. The van der Waals surface area contributed by atoms with Crippen molar-refractivity contribution in [3.63, 3.8) is 0 Å². The van der Waals surface area contributed by atoms with Gasteiger partial charge in [0.05, 0.1) is 0 Å². The summed E-state index contributed by atoms with van der Waals surface area (Å²) < 4.78 is 13.7. The van der Waals surface area contributed by atoms with Crippen molar-refractivity contribution in [1.29, 1.82) is 0 Å². The predicted octanol–water partition coefficient (Wildman–Crippen LogP) is 3.07. The van der Waals surface area contributed by atoms with Crippen molar-refractivity contribution in [2.24, 2.45) is 0 Å². The number of amides is 2. The van der Waals surface area contributed by atoms with Gasteiger partial charge in [0.25, 0.3) is 5.91 Å². The zero-order valence-electron chi connectivity index (χ0n) is 13.0. The lowest BCUT2D eigenvalue weighted by Crippen LogP contribution is -2.31. The molecular weight excluding hydrogens is 375 g/mol. The van der Waals surface area contributed by atoms with E-state index in [1.165, 1.54) is 12.1 Å². The Hall–Kier alpha value is -2.21. The zero-order chi connectivity index (χ0) is 17.4. The largest absolute Gasteiger partial charge is 0.356 e. The van der Waals surface area contributed by atoms with E-state index in [0.29, 0.717) is 18.5 Å². The average Bonchev–Trinajstić information content (AvgIpc) is 2.57. The maximum Gasteiger partial charge on any atom is 0.251 e. The van der Waals surface area contributed by atoms with Crippen molar-refractivity contribution in [3.05, 3.63) is 69.9 Å². The number of hydrogen-bond acceptors (Lipinski definition) is 2. The second-order valence-electron chi connectivity index (χ2n) is 5.24. The quantitative estimate of drug-likeness (QED) is 0.760. The second-order valence-corrected chi connectivity index (χ2v) is 6.15. The smallest absolute Gasteiger partial charge is 0.251 e.